The number of alkyl halides is 3. The molecule has 6 nitrogen and oxygen atoms in total. The summed E-state index contributed by atoms with van der Waals surface area (Å²) in [5, 5.41) is 0. The molecule has 0 aromatic carbocycles. The zero-order chi connectivity index (χ0) is 21.6. The Hall–Kier alpha value is -2.49. The van der Waals surface area contributed by atoms with Gasteiger partial charge in [0.1, 0.15) is 11.4 Å². The van der Waals surface area contributed by atoms with Gasteiger partial charge in [0.05, 0.1) is 16.3 Å². The molecule has 2 heterocycles. The standard InChI is InChI=1S/C19H21F3N4O2S/c1-5-29(27,28)15-8-13(12-6-7-12)10-24-17(15)18-25-14(11(2)26(18)4)9-16(23-3)19(20,21)22/h8-10,12H,3,5-7H2,1-2,4H3/b16-9-. The highest BCUT2D eigenvalue weighted by Gasteiger charge is 2.34. The minimum absolute atomic E-state index is 0.0233. The predicted molar refractivity (Wildman–Crippen MR) is 104 cm³/mol. The van der Waals surface area contributed by atoms with Crippen molar-refractivity contribution in [2.45, 2.75) is 43.7 Å². The Morgan fingerprint density at radius 1 is 1.41 bits per heavy atom. The zero-order valence-electron chi connectivity index (χ0n) is 16.3. The first-order valence-corrected chi connectivity index (χ1v) is 10.7. The van der Waals surface area contributed by atoms with Crippen LogP contribution in [-0.2, 0) is 16.9 Å². The number of sulfone groups is 1. The third kappa shape index (κ3) is 4.12. The van der Waals surface area contributed by atoms with Crippen LogP contribution in [0.25, 0.3) is 17.6 Å². The number of allylic oxidation sites excluding steroid dienone is 1. The van der Waals surface area contributed by atoms with Gasteiger partial charge in [-0.05, 0) is 50.1 Å². The number of hydrogen-bond donors (Lipinski definition) is 0. The lowest BCUT2D eigenvalue weighted by atomic mass is 10.2. The first-order valence-electron chi connectivity index (χ1n) is 9.01. The van der Waals surface area contributed by atoms with Crippen LogP contribution in [0.4, 0.5) is 13.2 Å². The van der Waals surface area contributed by atoms with Gasteiger partial charge in [-0.15, -0.1) is 0 Å². The van der Waals surface area contributed by atoms with Crippen LogP contribution in [0.3, 0.4) is 0 Å². The summed E-state index contributed by atoms with van der Waals surface area (Å²) >= 11 is 0. The van der Waals surface area contributed by atoms with E-state index in [1.165, 1.54) is 11.5 Å². The lowest BCUT2D eigenvalue weighted by molar-refractivity contribution is -0.0912. The fourth-order valence-electron chi connectivity index (χ4n) is 2.96. The summed E-state index contributed by atoms with van der Waals surface area (Å²) < 4.78 is 66.0. The smallest absolute Gasteiger partial charge is 0.329 e. The largest absolute Gasteiger partial charge is 0.433 e. The summed E-state index contributed by atoms with van der Waals surface area (Å²) in [7, 11) is -2.02. The van der Waals surface area contributed by atoms with Gasteiger partial charge >= 0.3 is 6.18 Å². The van der Waals surface area contributed by atoms with Crippen LogP contribution in [0.15, 0.2) is 27.8 Å². The molecule has 0 unspecified atom stereocenters. The Morgan fingerprint density at radius 2 is 2.07 bits per heavy atom. The second kappa shape index (κ2) is 7.40. The van der Waals surface area contributed by atoms with Crippen molar-refractivity contribution in [2.24, 2.45) is 12.0 Å². The van der Waals surface area contributed by atoms with E-state index in [4.69, 9.17) is 0 Å². The molecule has 1 aliphatic carbocycles. The number of pyridine rings is 1. The van der Waals surface area contributed by atoms with E-state index in [-0.39, 0.29) is 27.9 Å². The van der Waals surface area contributed by atoms with Gasteiger partial charge in [-0.1, -0.05) is 6.92 Å². The summed E-state index contributed by atoms with van der Waals surface area (Å²) in [6, 6.07) is 1.62. The van der Waals surface area contributed by atoms with E-state index < -0.39 is 21.7 Å². The maximum absolute atomic E-state index is 13.0. The van der Waals surface area contributed by atoms with Crippen LogP contribution in [0, 0.1) is 6.92 Å². The molecule has 2 aromatic heterocycles. The van der Waals surface area contributed by atoms with Crippen molar-refractivity contribution < 1.29 is 21.6 Å². The molecule has 0 bridgehead atoms. The minimum atomic E-state index is -4.67. The summed E-state index contributed by atoms with van der Waals surface area (Å²) in [5.41, 5.74) is 0.237. The summed E-state index contributed by atoms with van der Waals surface area (Å²) in [6.45, 7) is 6.09. The third-order valence-corrected chi connectivity index (χ3v) is 6.74. The summed E-state index contributed by atoms with van der Waals surface area (Å²) in [5.74, 6) is 0.357. The zero-order valence-corrected chi connectivity index (χ0v) is 17.1. The van der Waals surface area contributed by atoms with Gasteiger partial charge in [-0.25, -0.2) is 13.4 Å². The molecule has 0 aliphatic heterocycles. The monoisotopic (exact) mass is 426 g/mol. The van der Waals surface area contributed by atoms with Crippen molar-refractivity contribution >= 4 is 22.6 Å². The molecule has 0 N–H and O–H groups in total. The molecule has 0 atom stereocenters. The molecule has 1 saturated carbocycles. The van der Waals surface area contributed by atoms with Crippen molar-refractivity contribution in [3.63, 3.8) is 0 Å². The molecule has 1 fully saturated rings. The lowest BCUT2D eigenvalue weighted by Gasteiger charge is -2.11. The number of imidazole rings is 1. The fraction of sp³-hybridized carbons (Fsp3) is 0.421. The quantitative estimate of drug-likeness (QED) is 0.653. The van der Waals surface area contributed by atoms with Gasteiger partial charge in [-0.2, -0.15) is 13.2 Å². The highest BCUT2D eigenvalue weighted by molar-refractivity contribution is 7.91. The van der Waals surface area contributed by atoms with Crippen molar-refractivity contribution in [2.75, 3.05) is 5.75 Å². The van der Waals surface area contributed by atoms with E-state index >= 15 is 0 Å². The Bertz CT molecular complexity index is 1100. The molecule has 3 rings (SSSR count). The van der Waals surface area contributed by atoms with E-state index in [0.29, 0.717) is 11.6 Å². The van der Waals surface area contributed by atoms with Crippen LogP contribution in [0.2, 0.25) is 0 Å². The highest BCUT2D eigenvalue weighted by Crippen LogP contribution is 2.41. The number of aliphatic imine (C=N–C) groups is 1. The lowest BCUT2D eigenvalue weighted by Crippen LogP contribution is -2.09. The second-order valence-electron chi connectivity index (χ2n) is 6.94. The fourth-order valence-corrected chi connectivity index (χ4v) is 4.02. The van der Waals surface area contributed by atoms with Crippen molar-refractivity contribution in [1.29, 1.82) is 0 Å². The Balaban J connectivity index is 2.20. The second-order valence-corrected chi connectivity index (χ2v) is 9.19. The van der Waals surface area contributed by atoms with Crippen LogP contribution in [-0.4, -0.2) is 41.6 Å². The van der Waals surface area contributed by atoms with Gasteiger partial charge in [0.25, 0.3) is 0 Å². The molecule has 156 valence electrons. The van der Waals surface area contributed by atoms with E-state index in [9.17, 15) is 21.6 Å². The highest BCUT2D eigenvalue weighted by atomic mass is 32.2. The maximum atomic E-state index is 13.0. The first-order chi connectivity index (χ1) is 13.5. The van der Waals surface area contributed by atoms with Gasteiger partial charge in [-0.3, -0.25) is 9.98 Å². The molecule has 0 spiro atoms. The van der Waals surface area contributed by atoms with Crippen LogP contribution >= 0.6 is 0 Å². The van der Waals surface area contributed by atoms with E-state index in [2.05, 4.69) is 21.7 Å². The minimum Gasteiger partial charge on any atom is -0.329 e. The number of hydrogen-bond acceptors (Lipinski definition) is 5. The molecule has 29 heavy (non-hydrogen) atoms. The number of aromatic nitrogens is 3. The van der Waals surface area contributed by atoms with Crippen LogP contribution < -0.4 is 0 Å². The van der Waals surface area contributed by atoms with Crippen molar-refractivity contribution in [3.8, 4) is 11.5 Å². The average Bonchev–Trinajstić information content (AvgIpc) is 3.47. The van der Waals surface area contributed by atoms with E-state index in [0.717, 1.165) is 24.5 Å². The van der Waals surface area contributed by atoms with Crippen LogP contribution in [0.5, 0.6) is 0 Å². The number of rotatable bonds is 6. The molecule has 0 amide bonds. The normalized spacial score (nSPS) is 15.6. The predicted octanol–water partition coefficient (Wildman–Crippen LogP) is 4.07. The molecular formula is C19H21F3N4O2S. The van der Waals surface area contributed by atoms with Gasteiger partial charge in [0.15, 0.2) is 15.7 Å². The van der Waals surface area contributed by atoms with Gasteiger partial charge < -0.3 is 4.57 Å². The average molecular weight is 426 g/mol. The van der Waals surface area contributed by atoms with Gasteiger partial charge in [0.2, 0.25) is 0 Å². The first kappa shape index (κ1) is 21.2. The van der Waals surface area contributed by atoms with E-state index in [1.54, 1.807) is 26.2 Å². The molecule has 0 saturated heterocycles. The Morgan fingerprint density at radius 3 is 2.59 bits per heavy atom. The van der Waals surface area contributed by atoms with Gasteiger partial charge in [0, 0.05) is 18.9 Å². The molecule has 10 heteroatoms. The Kier molecular flexibility index (Phi) is 5.42. The SMILES string of the molecule is C=N/C(=C\c1nc(-c2ncc(C3CC3)cc2S(=O)(=O)CC)n(C)c1C)C(F)(F)F. The molecular weight excluding hydrogens is 405 g/mol. The Labute approximate surface area is 167 Å². The van der Waals surface area contributed by atoms with Crippen molar-refractivity contribution in [3.05, 3.63) is 34.9 Å². The van der Waals surface area contributed by atoms with E-state index in [1.807, 2.05) is 0 Å². The third-order valence-electron chi connectivity index (χ3n) is 5.00. The number of nitrogens with zero attached hydrogens (tertiary/aromatic N) is 4. The van der Waals surface area contributed by atoms with Crippen LogP contribution in [0.1, 0.15) is 42.6 Å². The maximum Gasteiger partial charge on any atom is 0.433 e. The summed E-state index contributed by atoms with van der Waals surface area (Å²) in [4.78, 5) is 11.7. The molecule has 2 aromatic rings. The molecule has 0 radical (unpaired) electrons. The topological polar surface area (TPSA) is 77.2 Å². The number of halogens is 3. The molecule has 1 aliphatic rings. The summed E-state index contributed by atoms with van der Waals surface area (Å²) in [6.07, 6.45) is -0.297. The van der Waals surface area contributed by atoms with Crippen molar-refractivity contribution in [1.82, 2.24) is 14.5 Å².